The van der Waals surface area contributed by atoms with E-state index >= 15 is 0 Å². The molecule has 3 N–H and O–H groups in total. The fourth-order valence-electron chi connectivity index (χ4n) is 2.74. The minimum atomic E-state index is -0.216. The average Bonchev–Trinajstić information content (AvgIpc) is 3.00. The zero-order valence-corrected chi connectivity index (χ0v) is 15.7. The van der Waals surface area contributed by atoms with Gasteiger partial charge in [0.1, 0.15) is 5.75 Å². The van der Waals surface area contributed by atoms with Crippen molar-refractivity contribution in [3.05, 3.63) is 24.3 Å². The number of hydrogen-bond acceptors (Lipinski definition) is 5. The first-order chi connectivity index (χ1) is 10.7. The van der Waals surface area contributed by atoms with Gasteiger partial charge in [0.15, 0.2) is 0 Å². The third-order valence-corrected chi connectivity index (χ3v) is 3.99. The number of carbonyl (C=O) groups is 1. The number of methoxy groups -OCH3 is 2. The largest absolute Gasteiger partial charge is 0.495 e. The van der Waals surface area contributed by atoms with Gasteiger partial charge in [-0.2, -0.15) is 0 Å². The molecular weight excluding hydrogens is 353 g/mol. The molecule has 2 unspecified atom stereocenters. The second-order valence-electron chi connectivity index (χ2n) is 5.47. The zero-order chi connectivity index (χ0) is 15.9. The second-order valence-corrected chi connectivity index (χ2v) is 5.47. The molecule has 1 fully saturated rings. The molecule has 1 aliphatic rings. The first kappa shape index (κ1) is 22.8. The summed E-state index contributed by atoms with van der Waals surface area (Å²) in [5, 5.41) is 3.06. The van der Waals surface area contributed by atoms with Crippen LogP contribution in [0.25, 0.3) is 0 Å². The van der Waals surface area contributed by atoms with Crippen molar-refractivity contribution in [3.63, 3.8) is 0 Å². The Morgan fingerprint density at radius 3 is 2.71 bits per heavy atom. The van der Waals surface area contributed by atoms with E-state index in [1.807, 2.05) is 24.3 Å². The molecule has 2 atom stereocenters. The maximum absolute atomic E-state index is 12.0. The van der Waals surface area contributed by atoms with Gasteiger partial charge in [0.2, 0.25) is 5.91 Å². The minimum absolute atomic E-state index is 0. The molecule has 6 nitrogen and oxygen atoms in total. The van der Waals surface area contributed by atoms with E-state index in [4.69, 9.17) is 15.2 Å². The number of carbonyl (C=O) groups excluding carboxylic acids is 1. The number of halogens is 2. The number of nitrogens with zero attached hydrogens (tertiary/aromatic N) is 1. The summed E-state index contributed by atoms with van der Waals surface area (Å²) in [6.45, 7) is 2.03. The molecule has 2 rings (SSSR count). The predicted molar refractivity (Wildman–Crippen MR) is 101 cm³/mol. The Balaban J connectivity index is 0.00000264. The number of rotatable bonds is 7. The van der Waals surface area contributed by atoms with E-state index < -0.39 is 0 Å². The van der Waals surface area contributed by atoms with Crippen molar-refractivity contribution in [3.8, 4) is 5.75 Å². The number of anilines is 1. The molecule has 138 valence electrons. The van der Waals surface area contributed by atoms with Gasteiger partial charge in [-0.15, -0.1) is 24.8 Å². The highest BCUT2D eigenvalue weighted by molar-refractivity contribution is 5.85. The standard InChI is InChI=1S/C16H25N3O3.2ClH/c1-21-13(10-17)9-16(20)18-12-7-8-19(11-12)14-5-3-4-6-15(14)22-2;;/h3-6,12-13H,7-11,17H2,1-2H3,(H,18,20);2*1H. The average molecular weight is 380 g/mol. The summed E-state index contributed by atoms with van der Waals surface area (Å²) < 4.78 is 10.5. The van der Waals surface area contributed by atoms with Crippen molar-refractivity contribution in [1.82, 2.24) is 5.32 Å². The number of benzene rings is 1. The summed E-state index contributed by atoms with van der Waals surface area (Å²) in [5.74, 6) is 0.848. The predicted octanol–water partition coefficient (Wildman–Crippen LogP) is 1.60. The summed E-state index contributed by atoms with van der Waals surface area (Å²) in [5.41, 5.74) is 6.61. The van der Waals surface area contributed by atoms with Crippen molar-refractivity contribution >= 4 is 36.4 Å². The van der Waals surface area contributed by atoms with Crippen LogP contribution < -0.4 is 20.7 Å². The van der Waals surface area contributed by atoms with E-state index in [9.17, 15) is 4.79 Å². The van der Waals surface area contributed by atoms with Crippen LogP contribution in [-0.2, 0) is 9.53 Å². The number of ether oxygens (including phenoxy) is 2. The van der Waals surface area contributed by atoms with Crippen molar-refractivity contribution in [2.75, 3.05) is 38.8 Å². The molecule has 1 aromatic rings. The molecule has 1 aromatic carbocycles. The number of hydrogen-bond donors (Lipinski definition) is 2. The molecule has 1 amide bonds. The van der Waals surface area contributed by atoms with Gasteiger partial charge in [-0.25, -0.2) is 0 Å². The molecule has 0 aromatic heterocycles. The Morgan fingerprint density at radius 1 is 1.38 bits per heavy atom. The van der Waals surface area contributed by atoms with E-state index in [2.05, 4.69) is 10.2 Å². The molecule has 0 radical (unpaired) electrons. The molecule has 0 saturated carbocycles. The summed E-state index contributed by atoms with van der Waals surface area (Å²) in [4.78, 5) is 14.2. The monoisotopic (exact) mass is 379 g/mol. The topological polar surface area (TPSA) is 76.8 Å². The summed E-state index contributed by atoms with van der Waals surface area (Å²) in [6.07, 6.45) is 1.01. The lowest BCUT2D eigenvalue weighted by Gasteiger charge is -2.21. The Bertz CT molecular complexity index is 501. The number of para-hydroxylation sites is 2. The van der Waals surface area contributed by atoms with Gasteiger partial charge in [-0.1, -0.05) is 12.1 Å². The van der Waals surface area contributed by atoms with Crippen LogP contribution in [0.2, 0.25) is 0 Å². The maximum atomic E-state index is 12.0. The third kappa shape index (κ3) is 6.02. The van der Waals surface area contributed by atoms with Crippen LogP contribution in [0.3, 0.4) is 0 Å². The minimum Gasteiger partial charge on any atom is -0.495 e. The summed E-state index contributed by atoms with van der Waals surface area (Å²) in [7, 11) is 3.25. The quantitative estimate of drug-likeness (QED) is 0.752. The van der Waals surface area contributed by atoms with Crippen LogP contribution in [0, 0.1) is 0 Å². The van der Waals surface area contributed by atoms with E-state index in [1.54, 1.807) is 14.2 Å². The third-order valence-electron chi connectivity index (χ3n) is 3.99. The molecule has 8 heteroatoms. The molecule has 0 spiro atoms. The van der Waals surface area contributed by atoms with Crippen LogP contribution in [0.5, 0.6) is 5.75 Å². The van der Waals surface area contributed by atoms with Crippen LogP contribution in [0.4, 0.5) is 5.69 Å². The van der Waals surface area contributed by atoms with E-state index in [0.29, 0.717) is 13.0 Å². The van der Waals surface area contributed by atoms with Gasteiger partial charge >= 0.3 is 0 Å². The molecule has 1 saturated heterocycles. The lowest BCUT2D eigenvalue weighted by atomic mass is 10.2. The van der Waals surface area contributed by atoms with Crippen LogP contribution in [0.1, 0.15) is 12.8 Å². The SMILES string of the molecule is COc1ccccc1N1CCC(NC(=O)CC(CN)OC)C1.Cl.Cl. The van der Waals surface area contributed by atoms with Crippen molar-refractivity contribution < 1.29 is 14.3 Å². The van der Waals surface area contributed by atoms with Gasteiger partial charge in [0.25, 0.3) is 0 Å². The van der Waals surface area contributed by atoms with Crippen LogP contribution in [-0.4, -0.2) is 51.9 Å². The molecule has 0 bridgehead atoms. The van der Waals surface area contributed by atoms with E-state index in [0.717, 1.165) is 30.9 Å². The highest BCUT2D eigenvalue weighted by Crippen LogP contribution is 2.30. The first-order valence-corrected chi connectivity index (χ1v) is 7.58. The number of amides is 1. The Hall–Kier alpha value is -1.21. The molecular formula is C16H27Cl2N3O3. The van der Waals surface area contributed by atoms with Crippen LogP contribution >= 0.6 is 24.8 Å². The molecule has 24 heavy (non-hydrogen) atoms. The Kier molecular flexibility index (Phi) is 10.8. The number of nitrogens with two attached hydrogens (primary N) is 1. The summed E-state index contributed by atoms with van der Waals surface area (Å²) in [6, 6.07) is 8.08. The summed E-state index contributed by atoms with van der Waals surface area (Å²) >= 11 is 0. The highest BCUT2D eigenvalue weighted by atomic mass is 35.5. The van der Waals surface area contributed by atoms with Gasteiger partial charge in [-0.05, 0) is 18.6 Å². The normalized spacial score (nSPS) is 17.5. The fourth-order valence-corrected chi connectivity index (χ4v) is 2.74. The van der Waals surface area contributed by atoms with Gasteiger partial charge in [0.05, 0.1) is 25.3 Å². The zero-order valence-electron chi connectivity index (χ0n) is 14.1. The maximum Gasteiger partial charge on any atom is 0.222 e. The smallest absolute Gasteiger partial charge is 0.222 e. The fraction of sp³-hybridized carbons (Fsp3) is 0.562. The lowest BCUT2D eigenvalue weighted by molar-refractivity contribution is -0.123. The van der Waals surface area contributed by atoms with Crippen LogP contribution in [0.15, 0.2) is 24.3 Å². The van der Waals surface area contributed by atoms with E-state index in [1.165, 1.54) is 0 Å². The second kappa shape index (κ2) is 11.4. The van der Waals surface area contributed by atoms with Crippen molar-refractivity contribution in [2.45, 2.75) is 25.0 Å². The van der Waals surface area contributed by atoms with Gasteiger partial charge in [-0.3, -0.25) is 4.79 Å². The Labute approximate surface area is 155 Å². The van der Waals surface area contributed by atoms with E-state index in [-0.39, 0.29) is 42.9 Å². The Morgan fingerprint density at radius 2 is 2.08 bits per heavy atom. The first-order valence-electron chi connectivity index (χ1n) is 7.58. The molecule has 1 aliphatic heterocycles. The number of nitrogens with one attached hydrogen (secondary N) is 1. The van der Waals surface area contributed by atoms with Gasteiger partial charge < -0.3 is 25.4 Å². The molecule has 1 heterocycles. The van der Waals surface area contributed by atoms with Crippen molar-refractivity contribution in [1.29, 1.82) is 0 Å². The highest BCUT2D eigenvalue weighted by Gasteiger charge is 2.26. The van der Waals surface area contributed by atoms with Crippen molar-refractivity contribution in [2.24, 2.45) is 5.73 Å². The lowest BCUT2D eigenvalue weighted by Crippen LogP contribution is -2.40. The van der Waals surface area contributed by atoms with Gasteiger partial charge in [0, 0.05) is 32.8 Å². The molecule has 0 aliphatic carbocycles.